The summed E-state index contributed by atoms with van der Waals surface area (Å²) >= 11 is 2.81. The van der Waals surface area contributed by atoms with E-state index in [0.717, 1.165) is 6.07 Å². The fourth-order valence-corrected chi connectivity index (χ4v) is 1.20. The lowest BCUT2D eigenvalue weighted by Crippen LogP contribution is -1.95. The van der Waals surface area contributed by atoms with Crippen LogP contribution in [0.15, 0.2) is 16.6 Å². The van der Waals surface area contributed by atoms with E-state index in [1.165, 1.54) is 6.07 Å². The Hall–Kier alpha value is -1.17. The maximum absolute atomic E-state index is 12.9. The SMILES string of the molecule is Nc1cc(Br)c(F)c([N+](=O)[O-])c1. The van der Waals surface area contributed by atoms with Gasteiger partial charge in [0.15, 0.2) is 0 Å². The first-order valence-electron chi connectivity index (χ1n) is 2.91. The third kappa shape index (κ3) is 1.53. The molecule has 0 saturated heterocycles. The van der Waals surface area contributed by atoms with Crippen molar-refractivity contribution >= 4 is 27.3 Å². The number of anilines is 1. The Morgan fingerprint density at radius 2 is 2.17 bits per heavy atom. The average Bonchev–Trinajstić information content (AvgIpc) is 1.96. The van der Waals surface area contributed by atoms with Crippen molar-refractivity contribution in [3.63, 3.8) is 0 Å². The van der Waals surface area contributed by atoms with Gasteiger partial charge in [0.25, 0.3) is 0 Å². The summed E-state index contributed by atoms with van der Waals surface area (Å²) in [7, 11) is 0. The zero-order valence-electron chi connectivity index (χ0n) is 5.75. The molecule has 0 aliphatic carbocycles. The molecule has 0 bridgehead atoms. The van der Waals surface area contributed by atoms with E-state index < -0.39 is 16.4 Å². The van der Waals surface area contributed by atoms with Gasteiger partial charge in [0.1, 0.15) is 0 Å². The summed E-state index contributed by atoms with van der Waals surface area (Å²) in [5.41, 5.74) is 4.79. The Kier molecular flexibility index (Phi) is 2.27. The van der Waals surface area contributed by atoms with Gasteiger partial charge < -0.3 is 5.73 Å². The Labute approximate surface area is 75.5 Å². The monoisotopic (exact) mass is 234 g/mol. The highest BCUT2D eigenvalue weighted by Crippen LogP contribution is 2.27. The van der Waals surface area contributed by atoms with Crippen LogP contribution in [-0.2, 0) is 0 Å². The van der Waals surface area contributed by atoms with Crippen molar-refractivity contribution < 1.29 is 9.31 Å². The van der Waals surface area contributed by atoms with Crippen molar-refractivity contribution in [3.8, 4) is 0 Å². The first-order valence-corrected chi connectivity index (χ1v) is 3.70. The van der Waals surface area contributed by atoms with E-state index in [-0.39, 0.29) is 10.2 Å². The van der Waals surface area contributed by atoms with Crippen molar-refractivity contribution in [1.29, 1.82) is 0 Å². The Morgan fingerprint density at radius 1 is 1.58 bits per heavy atom. The van der Waals surface area contributed by atoms with E-state index in [4.69, 9.17) is 5.73 Å². The van der Waals surface area contributed by atoms with E-state index in [9.17, 15) is 14.5 Å². The third-order valence-corrected chi connectivity index (χ3v) is 1.81. The van der Waals surface area contributed by atoms with Crippen molar-refractivity contribution in [2.45, 2.75) is 0 Å². The van der Waals surface area contributed by atoms with E-state index in [1.54, 1.807) is 0 Å². The summed E-state index contributed by atoms with van der Waals surface area (Å²) in [5, 5.41) is 10.2. The number of rotatable bonds is 1. The highest BCUT2D eigenvalue weighted by Gasteiger charge is 2.17. The van der Waals surface area contributed by atoms with Crippen LogP contribution in [0.4, 0.5) is 15.8 Å². The van der Waals surface area contributed by atoms with Crippen LogP contribution in [0.5, 0.6) is 0 Å². The number of nitrogens with two attached hydrogens (primary N) is 1. The lowest BCUT2D eigenvalue weighted by molar-refractivity contribution is -0.387. The average molecular weight is 235 g/mol. The van der Waals surface area contributed by atoms with Crippen molar-refractivity contribution in [1.82, 2.24) is 0 Å². The number of hydrogen-bond donors (Lipinski definition) is 1. The minimum absolute atomic E-state index is 0.00537. The molecule has 0 aliphatic heterocycles. The van der Waals surface area contributed by atoms with Gasteiger partial charge in [-0.05, 0) is 22.0 Å². The molecule has 1 aromatic rings. The summed E-state index contributed by atoms with van der Waals surface area (Å²) in [6.45, 7) is 0. The first kappa shape index (κ1) is 8.92. The first-order chi connectivity index (χ1) is 5.52. The second-order valence-electron chi connectivity index (χ2n) is 2.09. The topological polar surface area (TPSA) is 69.2 Å². The lowest BCUT2D eigenvalue weighted by atomic mass is 10.3. The molecule has 0 fully saturated rings. The Morgan fingerprint density at radius 3 is 2.67 bits per heavy atom. The molecule has 1 aromatic carbocycles. The van der Waals surface area contributed by atoms with Crippen LogP contribution in [-0.4, -0.2) is 4.92 Å². The highest BCUT2D eigenvalue weighted by atomic mass is 79.9. The lowest BCUT2D eigenvalue weighted by Gasteiger charge is -1.97. The molecule has 0 spiro atoms. The van der Waals surface area contributed by atoms with Crippen LogP contribution >= 0.6 is 15.9 Å². The predicted octanol–water partition coefficient (Wildman–Crippen LogP) is 2.08. The zero-order valence-corrected chi connectivity index (χ0v) is 7.34. The standard InChI is InChI=1S/C6H4BrFN2O2/c7-4-1-3(9)2-5(6(4)8)10(11)12/h1-2H,9H2. The Balaban J connectivity index is 3.37. The van der Waals surface area contributed by atoms with Gasteiger partial charge in [-0.1, -0.05) is 0 Å². The van der Waals surface area contributed by atoms with Crippen molar-refractivity contribution in [2.75, 3.05) is 5.73 Å². The van der Waals surface area contributed by atoms with Crippen LogP contribution in [0.3, 0.4) is 0 Å². The molecular formula is C6H4BrFN2O2. The zero-order chi connectivity index (χ0) is 9.30. The van der Waals surface area contributed by atoms with E-state index >= 15 is 0 Å². The molecule has 6 heteroatoms. The number of nitrogen functional groups attached to an aromatic ring is 1. The summed E-state index contributed by atoms with van der Waals surface area (Å²) in [4.78, 5) is 9.39. The van der Waals surface area contributed by atoms with Gasteiger partial charge in [0, 0.05) is 11.8 Å². The van der Waals surface area contributed by atoms with E-state index in [2.05, 4.69) is 15.9 Å². The molecule has 1 rings (SSSR count). The van der Waals surface area contributed by atoms with Gasteiger partial charge in [-0.15, -0.1) is 0 Å². The van der Waals surface area contributed by atoms with Gasteiger partial charge in [-0.3, -0.25) is 10.1 Å². The second-order valence-corrected chi connectivity index (χ2v) is 2.95. The molecule has 0 unspecified atom stereocenters. The molecule has 64 valence electrons. The van der Waals surface area contributed by atoms with Crippen LogP contribution in [0.2, 0.25) is 0 Å². The minimum atomic E-state index is -0.908. The van der Waals surface area contributed by atoms with Crippen LogP contribution in [0.1, 0.15) is 0 Å². The number of nitro benzene ring substituents is 1. The maximum Gasteiger partial charge on any atom is 0.308 e. The molecule has 0 aliphatic rings. The molecule has 0 saturated carbocycles. The fraction of sp³-hybridized carbons (Fsp3) is 0. The smallest absolute Gasteiger partial charge is 0.308 e. The second kappa shape index (κ2) is 3.06. The van der Waals surface area contributed by atoms with E-state index in [1.807, 2.05) is 0 Å². The summed E-state index contributed by atoms with van der Waals surface area (Å²) in [6.07, 6.45) is 0. The molecule has 4 nitrogen and oxygen atoms in total. The maximum atomic E-state index is 12.9. The minimum Gasteiger partial charge on any atom is -0.398 e. The molecule has 12 heavy (non-hydrogen) atoms. The van der Waals surface area contributed by atoms with Crippen molar-refractivity contribution in [3.05, 3.63) is 32.5 Å². The highest BCUT2D eigenvalue weighted by molar-refractivity contribution is 9.10. The number of hydrogen-bond acceptors (Lipinski definition) is 3. The molecule has 0 atom stereocenters. The van der Waals surface area contributed by atoms with Gasteiger partial charge in [-0.2, -0.15) is 4.39 Å². The molecule has 0 amide bonds. The Bertz CT molecular complexity index is 343. The van der Waals surface area contributed by atoms with Crippen molar-refractivity contribution in [2.24, 2.45) is 0 Å². The summed E-state index contributed by atoms with van der Waals surface area (Å²) in [6, 6.07) is 2.24. The third-order valence-electron chi connectivity index (χ3n) is 1.23. The van der Waals surface area contributed by atoms with Gasteiger partial charge in [0.05, 0.1) is 9.40 Å². The largest absolute Gasteiger partial charge is 0.398 e. The van der Waals surface area contributed by atoms with Gasteiger partial charge in [-0.25, -0.2) is 0 Å². The normalized spacial score (nSPS) is 9.83. The molecule has 0 heterocycles. The number of benzene rings is 1. The molecule has 0 aromatic heterocycles. The van der Waals surface area contributed by atoms with Crippen LogP contribution < -0.4 is 5.73 Å². The molecule has 2 N–H and O–H groups in total. The van der Waals surface area contributed by atoms with Crippen LogP contribution in [0, 0.1) is 15.9 Å². The number of halogens is 2. The van der Waals surface area contributed by atoms with Gasteiger partial charge in [0.2, 0.25) is 5.82 Å². The predicted molar refractivity (Wildman–Crippen MR) is 45.2 cm³/mol. The molecular weight excluding hydrogens is 231 g/mol. The fourth-order valence-electron chi connectivity index (χ4n) is 0.728. The quantitative estimate of drug-likeness (QED) is 0.460. The summed E-state index contributed by atoms with van der Waals surface area (Å²) < 4.78 is 12.9. The molecule has 0 radical (unpaired) electrons. The summed E-state index contributed by atoms with van der Waals surface area (Å²) in [5.74, 6) is -0.908. The van der Waals surface area contributed by atoms with Gasteiger partial charge >= 0.3 is 5.69 Å². The number of nitro groups is 1. The van der Waals surface area contributed by atoms with Crippen LogP contribution in [0.25, 0.3) is 0 Å². The van der Waals surface area contributed by atoms with E-state index in [0.29, 0.717) is 0 Å². The number of nitrogens with zero attached hydrogens (tertiary/aromatic N) is 1.